The monoisotopic (exact) mass is 467 g/mol. The van der Waals surface area contributed by atoms with E-state index in [0.29, 0.717) is 45.3 Å². The molecule has 9 heteroatoms. The van der Waals surface area contributed by atoms with Crippen molar-refractivity contribution in [1.29, 1.82) is 0 Å². The van der Waals surface area contributed by atoms with Gasteiger partial charge in [-0.1, -0.05) is 36.4 Å². The molecule has 0 bridgehead atoms. The number of nitrogens with zero attached hydrogens (tertiary/aromatic N) is 2. The summed E-state index contributed by atoms with van der Waals surface area (Å²) in [6.07, 6.45) is -1.89. The number of rotatable bonds is 7. The first kappa shape index (κ1) is 25.1. The van der Waals surface area contributed by atoms with Gasteiger partial charge in [0, 0.05) is 31.7 Å². The van der Waals surface area contributed by atoms with Gasteiger partial charge in [0.25, 0.3) is 0 Å². The van der Waals surface area contributed by atoms with E-state index < -0.39 is 29.8 Å². The minimum absolute atomic E-state index is 0.0418. The summed E-state index contributed by atoms with van der Waals surface area (Å²) in [6, 6.07) is 9.26. The minimum atomic E-state index is -4.94. The number of alkyl halides is 3. The van der Waals surface area contributed by atoms with E-state index >= 15 is 0 Å². The summed E-state index contributed by atoms with van der Waals surface area (Å²) in [5.41, 5.74) is 1.47. The van der Waals surface area contributed by atoms with Gasteiger partial charge in [-0.25, -0.2) is 4.79 Å². The van der Waals surface area contributed by atoms with Crippen LogP contribution in [0, 0.1) is 5.92 Å². The third-order valence-corrected chi connectivity index (χ3v) is 6.64. The summed E-state index contributed by atoms with van der Waals surface area (Å²) in [5, 5.41) is 11.6. The van der Waals surface area contributed by atoms with Gasteiger partial charge >= 0.3 is 18.2 Å². The highest BCUT2D eigenvalue weighted by Crippen LogP contribution is 2.36. The number of amides is 2. The van der Waals surface area contributed by atoms with Crippen LogP contribution in [0.4, 0.5) is 18.0 Å². The van der Waals surface area contributed by atoms with E-state index in [-0.39, 0.29) is 5.92 Å². The second kappa shape index (κ2) is 10.2. The van der Waals surface area contributed by atoms with Crippen LogP contribution in [0.1, 0.15) is 45.1 Å². The van der Waals surface area contributed by atoms with E-state index in [0.717, 1.165) is 12.1 Å². The molecule has 1 saturated heterocycles. The molecule has 0 saturated carbocycles. The zero-order valence-electron chi connectivity index (χ0n) is 19.1. The molecule has 2 atom stereocenters. The number of carboxylic acid groups (broad SMARTS) is 1. The molecule has 1 fully saturated rings. The fraction of sp³-hybridized carbons (Fsp3) is 0.583. The standard InChI is InChI=1S/C24H32F3N3O3/c1-23(2)14-18(16-30(23)22(32)33)8-9-20(28-21(31)24(25,26)27)19-10-12-29(13-11-19)15-17-6-4-3-5-7-17/h3-7,10,18,20H,8-9,11-16H2,1-2H3,(H,28,31)(H,32,33)/t18-,20?/m0/s1. The van der Waals surface area contributed by atoms with E-state index in [9.17, 15) is 27.9 Å². The number of likely N-dealkylation sites (tertiary alicyclic amines) is 1. The summed E-state index contributed by atoms with van der Waals surface area (Å²) in [7, 11) is 0. The van der Waals surface area contributed by atoms with Crippen LogP contribution < -0.4 is 5.32 Å². The number of carbonyl (C=O) groups excluding carboxylic acids is 1. The number of nitrogens with one attached hydrogen (secondary N) is 1. The van der Waals surface area contributed by atoms with Crippen molar-refractivity contribution in [3.05, 3.63) is 47.5 Å². The number of halogens is 3. The summed E-state index contributed by atoms with van der Waals surface area (Å²) in [4.78, 5) is 26.8. The second-order valence-electron chi connectivity index (χ2n) is 9.63. The normalized spacial score (nSPS) is 22.0. The van der Waals surface area contributed by atoms with Gasteiger partial charge in [0.05, 0.1) is 6.04 Å². The Morgan fingerprint density at radius 3 is 2.48 bits per heavy atom. The molecule has 2 heterocycles. The molecule has 2 aliphatic heterocycles. The highest BCUT2D eigenvalue weighted by atomic mass is 19.4. The summed E-state index contributed by atoms with van der Waals surface area (Å²) < 4.78 is 38.9. The maximum atomic E-state index is 13.0. The third kappa shape index (κ3) is 6.72. The highest BCUT2D eigenvalue weighted by molar-refractivity contribution is 5.82. The second-order valence-corrected chi connectivity index (χ2v) is 9.63. The molecule has 0 aliphatic carbocycles. The average molecular weight is 468 g/mol. The lowest BCUT2D eigenvalue weighted by atomic mass is 9.89. The lowest BCUT2D eigenvalue weighted by Gasteiger charge is -2.31. The molecule has 1 aromatic rings. The van der Waals surface area contributed by atoms with Crippen molar-refractivity contribution in [1.82, 2.24) is 15.1 Å². The van der Waals surface area contributed by atoms with Crippen molar-refractivity contribution in [3.63, 3.8) is 0 Å². The van der Waals surface area contributed by atoms with Gasteiger partial charge < -0.3 is 15.3 Å². The molecule has 33 heavy (non-hydrogen) atoms. The van der Waals surface area contributed by atoms with Crippen LogP contribution in [0.15, 0.2) is 42.0 Å². The zero-order chi connectivity index (χ0) is 24.2. The van der Waals surface area contributed by atoms with E-state index in [1.807, 2.05) is 50.3 Å². The predicted octanol–water partition coefficient (Wildman–Crippen LogP) is 4.42. The Bertz CT molecular complexity index is 871. The first-order valence-corrected chi connectivity index (χ1v) is 11.3. The van der Waals surface area contributed by atoms with Crippen LogP contribution in [0.2, 0.25) is 0 Å². The van der Waals surface area contributed by atoms with Gasteiger partial charge in [-0.15, -0.1) is 0 Å². The maximum absolute atomic E-state index is 13.0. The number of hydrogen-bond acceptors (Lipinski definition) is 3. The van der Waals surface area contributed by atoms with Crippen molar-refractivity contribution in [2.45, 2.75) is 63.8 Å². The van der Waals surface area contributed by atoms with E-state index in [2.05, 4.69) is 10.2 Å². The Balaban J connectivity index is 1.64. The number of hydrogen-bond donors (Lipinski definition) is 2. The molecule has 2 amide bonds. The molecule has 2 N–H and O–H groups in total. The van der Waals surface area contributed by atoms with Gasteiger partial charge in [-0.2, -0.15) is 13.2 Å². The smallest absolute Gasteiger partial charge is 0.465 e. The topological polar surface area (TPSA) is 72.9 Å². The number of benzene rings is 1. The molecular formula is C24H32F3N3O3. The van der Waals surface area contributed by atoms with E-state index in [1.165, 1.54) is 10.5 Å². The first-order valence-electron chi connectivity index (χ1n) is 11.3. The van der Waals surface area contributed by atoms with Crippen LogP contribution in [-0.4, -0.2) is 64.3 Å². The van der Waals surface area contributed by atoms with Crippen LogP contribution >= 0.6 is 0 Å². The fourth-order valence-corrected chi connectivity index (χ4v) is 4.94. The third-order valence-electron chi connectivity index (χ3n) is 6.64. The largest absolute Gasteiger partial charge is 0.471 e. The fourth-order valence-electron chi connectivity index (χ4n) is 4.94. The Morgan fingerprint density at radius 2 is 1.94 bits per heavy atom. The van der Waals surface area contributed by atoms with Crippen molar-refractivity contribution in [2.75, 3.05) is 19.6 Å². The molecule has 0 spiro atoms. The Labute approximate surface area is 192 Å². The molecular weight excluding hydrogens is 435 g/mol. The average Bonchev–Trinajstić information content (AvgIpc) is 3.06. The Morgan fingerprint density at radius 1 is 1.24 bits per heavy atom. The molecule has 0 radical (unpaired) electrons. The summed E-state index contributed by atoms with van der Waals surface area (Å²) >= 11 is 0. The quantitative estimate of drug-likeness (QED) is 0.582. The SMILES string of the molecule is CC1(C)C[C@H](CCC(NC(=O)C(F)(F)F)C2=CCN(Cc3ccccc3)CC2)CN1C(=O)O. The summed E-state index contributed by atoms with van der Waals surface area (Å²) in [5.74, 6) is -1.89. The van der Waals surface area contributed by atoms with Gasteiger partial charge in [0.2, 0.25) is 0 Å². The van der Waals surface area contributed by atoms with Crippen molar-refractivity contribution in [3.8, 4) is 0 Å². The van der Waals surface area contributed by atoms with Crippen LogP contribution in [0.5, 0.6) is 0 Å². The number of carbonyl (C=O) groups is 2. The highest BCUT2D eigenvalue weighted by Gasteiger charge is 2.42. The first-order chi connectivity index (χ1) is 15.5. The van der Waals surface area contributed by atoms with Crippen molar-refractivity contribution in [2.24, 2.45) is 5.92 Å². The maximum Gasteiger partial charge on any atom is 0.471 e. The van der Waals surface area contributed by atoms with Crippen molar-refractivity contribution < 1.29 is 27.9 Å². The molecule has 1 aromatic carbocycles. The van der Waals surface area contributed by atoms with Gasteiger partial charge in [0.1, 0.15) is 0 Å². The van der Waals surface area contributed by atoms with Crippen LogP contribution in [0.25, 0.3) is 0 Å². The van der Waals surface area contributed by atoms with Gasteiger partial charge in [-0.05, 0) is 56.6 Å². The van der Waals surface area contributed by atoms with Crippen LogP contribution in [0.3, 0.4) is 0 Å². The molecule has 6 nitrogen and oxygen atoms in total. The minimum Gasteiger partial charge on any atom is -0.465 e. The molecule has 2 aliphatic rings. The molecule has 182 valence electrons. The van der Waals surface area contributed by atoms with Gasteiger partial charge in [0.15, 0.2) is 0 Å². The molecule has 0 aromatic heterocycles. The molecule has 3 rings (SSSR count). The van der Waals surface area contributed by atoms with E-state index in [4.69, 9.17) is 0 Å². The predicted molar refractivity (Wildman–Crippen MR) is 119 cm³/mol. The Kier molecular flexibility index (Phi) is 7.72. The van der Waals surface area contributed by atoms with Crippen LogP contribution in [-0.2, 0) is 11.3 Å². The summed E-state index contributed by atoms with van der Waals surface area (Å²) in [6.45, 7) is 6.12. The van der Waals surface area contributed by atoms with E-state index in [1.54, 1.807) is 0 Å². The zero-order valence-corrected chi connectivity index (χ0v) is 19.1. The molecule has 1 unspecified atom stereocenters. The lowest BCUT2D eigenvalue weighted by Crippen LogP contribution is -2.45. The lowest BCUT2D eigenvalue weighted by molar-refractivity contribution is -0.174. The Hall–Kier alpha value is -2.55. The van der Waals surface area contributed by atoms with Crippen molar-refractivity contribution >= 4 is 12.0 Å². The van der Waals surface area contributed by atoms with Gasteiger partial charge in [-0.3, -0.25) is 9.69 Å².